The molecule has 1 aliphatic rings. The minimum Gasteiger partial charge on any atom is -0.383 e. The number of aliphatic imine (C=N–C) groups is 1. The fraction of sp³-hybridized carbons (Fsp3) is 0.280. The van der Waals surface area contributed by atoms with Crippen molar-refractivity contribution in [3.05, 3.63) is 71.3 Å². The molecule has 0 spiro atoms. The van der Waals surface area contributed by atoms with E-state index in [1.165, 1.54) is 37.0 Å². The molecule has 1 aromatic carbocycles. The Labute approximate surface area is 210 Å². The highest BCUT2D eigenvalue weighted by atomic mass is 35.5. The molecule has 0 radical (unpaired) electrons. The lowest BCUT2D eigenvalue weighted by molar-refractivity contribution is 0.140. The van der Waals surface area contributed by atoms with Gasteiger partial charge < -0.3 is 11.1 Å². The van der Waals surface area contributed by atoms with Crippen LogP contribution in [-0.4, -0.2) is 31.5 Å². The Bertz CT molecular complexity index is 1410. The van der Waals surface area contributed by atoms with Crippen LogP contribution in [-0.2, 0) is 0 Å². The van der Waals surface area contributed by atoms with E-state index in [2.05, 4.69) is 25.4 Å². The minimum atomic E-state index is -2.74. The molecule has 0 amide bonds. The molecule has 0 atom stereocenters. The zero-order valence-corrected chi connectivity index (χ0v) is 19.9. The SMILES string of the molecule is NC(=Nc1cc(F)ccc1Cl)c1cnn2cc(-c3cnc(C(F)F)nc3)cc2c1NC1CCCCC1. The van der Waals surface area contributed by atoms with Gasteiger partial charge in [-0.2, -0.15) is 5.10 Å². The number of benzene rings is 1. The van der Waals surface area contributed by atoms with E-state index in [1.807, 2.05) is 6.07 Å². The van der Waals surface area contributed by atoms with Crippen LogP contribution in [0.1, 0.15) is 49.9 Å². The maximum Gasteiger partial charge on any atom is 0.297 e. The number of nitrogens with two attached hydrogens (primary N) is 1. The van der Waals surface area contributed by atoms with Gasteiger partial charge in [0, 0.05) is 41.8 Å². The summed E-state index contributed by atoms with van der Waals surface area (Å²) >= 11 is 6.20. The van der Waals surface area contributed by atoms with Crippen molar-refractivity contribution in [2.45, 2.75) is 44.6 Å². The number of hydrogen-bond acceptors (Lipinski definition) is 5. The molecule has 36 heavy (non-hydrogen) atoms. The fourth-order valence-electron chi connectivity index (χ4n) is 4.37. The van der Waals surface area contributed by atoms with Crippen LogP contribution in [0.5, 0.6) is 0 Å². The van der Waals surface area contributed by atoms with Gasteiger partial charge in [-0.15, -0.1) is 0 Å². The second kappa shape index (κ2) is 10.1. The number of alkyl halides is 2. The second-order valence-corrected chi connectivity index (χ2v) is 9.10. The zero-order chi connectivity index (χ0) is 25.2. The lowest BCUT2D eigenvalue weighted by atomic mass is 9.95. The van der Waals surface area contributed by atoms with Crippen LogP contribution in [0.3, 0.4) is 0 Å². The molecule has 1 saturated carbocycles. The lowest BCUT2D eigenvalue weighted by Crippen LogP contribution is -2.25. The third-order valence-corrected chi connectivity index (χ3v) is 6.54. The molecule has 0 aliphatic heterocycles. The number of nitrogens with one attached hydrogen (secondary N) is 1. The summed E-state index contributed by atoms with van der Waals surface area (Å²) in [6, 6.07) is 5.99. The number of hydrogen-bond donors (Lipinski definition) is 2. The van der Waals surface area contributed by atoms with E-state index in [0.29, 0.717) is 16.7 Å². The number of halogens is 4. The highest BCUT2D eigenvalue weighted by molar-refractivity contribution is 6.33. The molecule has 0 saturated heterocycles. The highest BCUT2D eigenvalue weighted by Crippen LogP contribution is 2.32. The van der Waals surface area contributed by atoms with Gasteiger partial charge in [-0.25, -0.2) is 32.6 Å². The van der Waals surface area contributed by atoms with Crippen LogP contribution < -0.4 is 11.1 Å². The maximum atomic E-state index is 13.8. The number of fused-ring (bicyclic) bond motifs is 1. The van der Waals surface area contributed by atoms with Crippen LogP contribution in [0.4, 0.5) is 24.5 Å². The van der Waals surface area contributed by atoms with Gasteiger partial charge in [0.05, 0.1) is 33.7 Å². The molecule has 11 heteroatoms. The number of amidine groups is 1. The molecular formula is C25H23ClF3N7. The molecule has 0 bridgehead atoms. The summed E-state index contributed by atoms with van der Waals surface area (Å²) in [5.74, 6) is -0.873. The normalized spacial score (nSPS) is 15.1. The van der Waals surface area contributed by atoms with E-state index in [9.17, 15) is 13.2 Å². The van der Waals surface area contributed by atoms with E-state index in [0.717, 1.165) is 36.9 Å². The van der Waals surface area contributed by atoms with Gasteiger partial charge in [0.2, 0.25) is 0 Å². The van der Waals surface area contributed by atoms with Crippen molar-refractivity contribution in [1.29, 1.82) is 0 Å². The van der Waals surface area contributed by atoms with Crippen LogP contribution >= 0.6 is 11.6 Å². The molecule has 1 aliphatic carbocycles. The molecule has 3 aromatic heterocycles. The van der Waals surface area contributed by atoms with Crippen LogP contribution in [0.25, 0.3) is 16.6 Å². The molecule has 3 heterocycles. The monoisotopic (exact) mass is 513 g/mol. The van der Waals surface area contributed by atoms with Gasteiger partial charge in [0.15, 0.2) is 5.82 Å². The van der Waals surface area contributed by atoms with E-state index in [1.54, 1.807) is 16.9 Å². The van der Waals surface area contributed by atoms with Gasteiger partial charge in [-0.05, 0) is 31.0 Å². The van der Waals surface area contributed by atoms with E-state index in [-0.39, 0.29) is 22.6 Å². The third kappa shape index (κ3) is 4.99. The summed E-state index contributed by atoms with van der Waals surface area (Å²) in [5.41, 5.74) is 9.87. The molecule has 5 rings (SSSR count). The van der Waals surface area contributed by atoms with Crippen molar-refractivity contribution in [3.8, 4) is 11.1 Å². The van der Waals surface area contributed by atoms with Gasteiger partial charge in [0.1, 0.15) is 11.7 Å². The number of aromatic nitrogens is 4. The molecule has 1 fully saturated rings. The molecule has 7 nitrogen and oxygen atoms in total. The summed E-state index contributed by atoms with van der Waals surface area (Å²) in [7, 11) is 0. The minimum absolute atomic E-state index is 0.128. The smallest absolute Gasteiger partial charge is 0.297 e. The Morgan fingerprint density at radius 1 is 1.08 bits per heavy atom. The standard InChI is InChI=1S/C25H23ClF3N7/c26-19-7-6-16(27)9-20(19)35-24(30)18-12-33-36-13-14(15-10-31-25(23(28)29)32-11-15)8-21(36)22(18)34-17-4-2-1-3-5-17/h6-13,17,23,34H,1-5H2,(H2,30,35). The van der Waals surface area contributed by atoms with Crippen LogP contribution in [0.15, 0.2) is 54.0 Å². The zero-order valence-electron chi connectivity index (χ0n) is 19.1. The summed E-state index contributed by atoms with van der Waals surface area (Å²) < 4.78 is 41.2. The Balaban J connectivity index is 1.60. The molecular weight excluding hydrogens is 491 g/mol. The maximum absolute atomic E-state index is 13.8. The van der Waals surface area contributed by atoms with Crippen molar-refractivity contribution < 1.29 is 13.2 Å². The first-order valence-corrected chi connectivity index (χ1v) is 11.9. The molecule has 0 unspecified atom stereocenters. The van der Waals surface area contributed by atoms with Crippen molar-refractivity contribution in [1.82, 2.24) is 19.6 Å². The number of rotatable bonds is 6. The topological polar surface area (TPSA) is 93.5 Å². The number of nitrogens with zero attached hydrogens (tertiary/aromatic N) is 5. The lowest BCUT2D eigenvalue weighted by Gasteiger charge is -2.25. The van der Waals surface area contributed by atoms with Crippen molar-refractivity contribution in [2.75, 3.05) is 5.32 Å². The number of anilines is 1. The third-order valence-electron chi connectivity index (χ3n) is 6.22. The summed E-state index contributed by atoms with van der Waals surface area (Å²) in [4.78, 5) is 11.9. The molecule has 4 aromatic rings. The highest BCUT2D eigenvalue weighted by Gasteiger charge is 2.20. The summed E-state index contributed by atoms with van der Waals surface area (Å²) in [5, 5.41) is 8.36. The largest absolute Gasteiger partial charge is 0.383 e. The first-order chi connectivity index (χ1) is 17.4. The molecule has 186 valence electrons. The second-order valence-electron chi connectivity index (χ2n) is 8.69. The van der Waals surface area contributed by atoms with E-state index < -0.39 is 18.1 Å². The van der Waals surface area contributed by atoms with E-state index in [4.69, 9.17) is 17.3 Å². The van der Waals surface area contributed by atoms with E-state index >= 15 is 0 Å². The van der Waals surface area contributed by atoms with Crippen molar-refractivity contribution in [3.63, 3.8) is 0 Å². The molecule has 3 N–H and O–H groups in total. The average Bonchev–Trinajstić information content (AvgIpc) is 3.32. The Kier molecular flexibility index (Phi) is 6.77. The van der Waals surface area contributed by atoms with Gasteiger partial charge in [0.25, 0.3) is 6.43 Å². The average molecular weight is 514 g/mol. The van der Waals surface area contributed by atoms with Crippen molar-refractivity contribution in [2.24, 2.45) is 10.7 Å². The first kappa shape index (κ1) is 24.1. The van der Waals surface area contributed by atoms with Gasteiger partial charge in [-0.1, -0.05) is 30.9 Å². The van der Waals surface area contributed by atoms with Gasteiger partial charge >= 0.3 is 0 Å². The van der Waals surface area contributed by atoms with Crippen LogP contribution in [0, 0.1) is 5.82 Å². The predicted molar refractivity (Wildman–Crippen MR) is 133 cm³/mol. The predicted octanol–water partition coefficient (Wildman–Crippen LogP) is 6.30. The quantitative estimate of drug-likeness (QED) is 0.233. The van der Waals surface area contributed by atoms with Crippen molar-refractivity contribution >= 4 is 34.3 Å². The van der Waals surface area contributed by atoms with Crippen LogP contribution in [0.2, 0.25) is 5.02 Å². The van der Waals surface area contributed by atoms with Gasteiger partial charge in [-0.3, -0.25) is 0 Å². The fourth-order valence-corrected chi connectivity index (χ4v) is 4.53. The Morgan fingerprint density at radius 3 is 2.56 bits per heavy atom. The Hall–Kier alpha value is -3.66. The summed E-state index contributed by atoms with van der Waals surface area (Å²) in [6.07, 6.45) is 8.80. The summed E-state index contributed by atoms with van der Waals surface area (Å²) in [6.45, 7) is 0. The Morgan fingerprint density at radius 2 is 1.83 bits per heavy atom. The first-order valence-electron chi connectivity index (χ1n) is 11.6.